The normalized spacial score (nSPS) is 14.8. The van der Waals surface area contributed by atoms with Gasteiger partial charge >= 0.3 is 5.69 Å². The summed E-state index contributed by atoms with van der Waals surface area (Å²) in [6.45, 7) is 4.20. The summed E-state index contributed by atoms with van der Waals surface area (Å²) in [5.41, 5.74) is 5.39. The number of benzene rings is 2. The molecular weight excluding hydrogens is 328 g/mol. The summed E-state index contributed by atoms with van der Waals surface area (Å²) in [5, 5.41) is 3.46. The van der Waals surface area contributed by atoms with Crippen LogP contribution in [0.1, 0.15) is 5.56 Å². The van der Waals surface area contributed by atoms with Crippen LogP contribution in [0.4, 0.5) is 11.4 Å². The van der Waals surface area contributed by atoms with Crippen molar-refractivity contribution in [2.24, 2.45) is 14.1 Å². The van der Waals surface area contributed by atoms with E-state index in [0.717, 1.165) is 55.1 Å². The fraction of sp³-hybridized carbons (Fsp3) is 0.350. The van der Waals surface area contributed by atoms with Crippen LogP contribution in [0, 0.1) is 0 Å². The van der Waals surface area contributed by atoms with Gasteiger partial charge in [0, 0.05) is 45.1 Å². The van der Waals surface area contributed by atoms with Crippen LogP contribution in [0.5, 0.6) is 0 Å². The summed E-state index contributed by atoms with van der Waals surface area (Å²) < 4.78 is 8.77. The average Bonchev–Trinajstić information content (AvgIpc) is 2.91. The Labute approximate surface area is 152 Å². The van der Waals surface area contributed by atoms with E-state index < -0.39 is 0 Å². The van der Waals surface area contributed by atoms with Crippen molar-refractivity contribution in [2.45, 2.75) is 6.54 Å². The van der Waals surface area contributed by atoms with Crippen molar-refractivity contribution in [1.29, 1.82) is 0 Å². The molecule has 2 aromatic carbocycles. The first-order valence-corrected chi connectivity index (χ1v) is 8.94. The Morgan fingerprint density at radius 3 is 2.38 bits per heavy atom. The third-order valence-electron chi connectivity index (χ3n) is 5.08. The highest BCUT2D eigenvalue weighted by Crippen LogP contribution is 2.20. The molecule has 1 N–H and O–H groups in total. The first-order chi connectivity index (χ1) is 12.6. The van der Waals surface area contributed by atoms with Gasteiger partial charge in [-0.05, 0) is 42.0 Å². The zero-order valence-electron chi connectivity index (χ0n) is 15.2. The summed E-state index contributed by atoms with van der Waals surface area (Å²) in [5.74, 6) is 0. The maximum absolute atomic E-state index is 12.0. The second-order valence-corrected chi connectivity index (χ2v) is 6.72. The molecule has 0 amide bonds. The van der Waals surface area contributed by atoms with Crippen molar-refractivity contribution in [1.82, 2.24) is 9.13 Å². The van der Waals surface area contributed by atoms with Crippen LogP contribution < -0.4 is 15.9 Å². The van der Waals surface area contributed by atoms with Crippen LogP contribution >= 0.6 is 0 Å². The van der Waals surface area contributed by atoms with Crippen molar-refractivity contribution in [2.75, 3.05) is 36.5 Å². The van der Waals surface area contributed by atoms with Crippen LogP contribution in [0.15, 0.2) is 47.3 Å². The number of rotatable bonds is 4. The fourth-order valence-corrected chi connectivity index (χ4v) is 3.48. The predicted octanol–water partition coefficient (Wildman–Crippen LogP) is 2.33. The van der Waals surface area contributed by atoms with Gasteiger partial charge in [-0.25, -0.2) is 4.79 Å². The molecule has 0 unspecified atom stereocenters. The lowest BCUT2D eigenvalue weighted by molar-refractivity contribution is 0.122. The Bertz CT molecular complexity index is 966. The van der Waals surface area contributed by atoms with Crippen molar-refractivity contribution in [3.05, 3.63) is 58.5 Å². The highest BCUT2D eigenvalue weighted by molar-refractivity contribution is 5.77. The number of fused-ring (bicyclic) bond motifs is 1. The Morgan fingerprint density at radius 1 is 0.962 bits per heavy atom. The summed E-state index contributed by atoms with van der Waals surface area (Å²) >= 11 is 0. The SMILES string of the molecule is Cn1c(=O)n(C)c2cc(CNc3ccc(N4CCOCC4)cc3)ccc21. The lowest BCUT2D eigenvalue weighted by atomic mass is 10.2. The second-order valence-electron chi connectivity index (χ2n) is 6.72. The van der Waals surface area contributed by atoms with Gasteiger partial charge in [-0.1, -0.05) is 6.07 Å². The minimum absolute atomic E-state index is 0.00353. The molecule has 1 aliphatic heterocycles. The Balaban J connectivity index is 1.46. The standard InChI is InChI=1S/C20H24N4O2/c1-22-18-8-3-15(13-19(18)23(2)20(22)25)14-21-16-4-6-17(7-5-16)24-9-11-26-12-10-24/h3-8,13,21H,9-12,14H2,1-2H3. The minimum Gasteiger partial charge on any atom is -0.381 e. The number of ether oxygens (including phenoxy) is 1. The summed E-state index contributed by atoms with van der Waals surface area (Å²) in [6, 6.07) is 14.7. The van der Waals surface area contributed by atoms with Gasteiger partial charge < -0.3 is 15.0 Å². The molecular formula is C20H24N4O2. The molecule has 0 aliphatic carbocycles. The molecule has 1 aliphatic rings. The predicted molar refractivity (Wildman–Crippen MR) is 105 cm³/mol. The van der Waals surface area contributed by atoms with Gasteiger partial charge in [0.05, 0.1) is 24.2 Å². The minimum atomic E-state index is 0.00353. The zero-order chi connectivity index (χ0) is 18.1. The van der Waals surface area contributed by atoms with E-state index in [9.17, 15) is 4.79 Å². The molecule has 6 nitrogen and oxygen atoms in total. The third kappa shape index (κ3) is 3.08. The van der Waals surface area contributed by atoms with Crippen LogP contribution in [0.3, 0.4) is 0 Å². The van der Waals surface area contributed by atoms with Gasteiger partial charge in [0.15, 0.2) is 0 Å². The first kappa shape index (κ1) is 16.7. The molecule has 0 saturated carbocycles. The summed E-state index contributed by atoms with van der Waals surface area (Å²) in [6.07, 6.45) is 0. The second kappa shape index (κ2) is 6.88. The Hall–Kier alpha value is -2.73. The van der Waals surface area contributed by atoms with Gasteiger partial charge in [0.1, 0.15) is 0 Å². The molecule has 26 heavy (non-hydrogen) atoms. The van der Waals surface area contributed by atoms with Crippen LogP contribution in [-0.4, -0.2) is 35.4 Å². The van der Waals surface area contributed by atoms with Gasteiger partial charge in [0.25, 0.3) is 0 Å². The smallest absolute Gasteiger partial charge is 0.328 e. The summed E-state index contributed by atoms with van der Waals surface area (Å²) in [4.78, 5) is 14.4. The zero-order valence-corrected chi connectivity index (χ0v) is 15.2. The number of nitrogens with zero attached hydrogens (tertiary/aromatic N) is 3. The molecule has 3 aromatic rings. The van der Waals surface area contributed by atoms with Crippen molar-refractivity contribution in [3.63, 3.8) is 0 Å². The Kier molecular flexibility index (Phi) is 4.42. The topological polar surface area (TPSA) is 51.4 Å². The average molecular weight is 352 g/mol. The van der Waals surface area contributed by atoms with Gasteiger partial charge in [-0.3, -0.25) is 9.13 Å². The van der Waals surface area contributed by atoms with Crippen molar-refractivity contribution in [3.8, 4) is 0 Å². The van der Waals surface area contributed by atoms with E-state index in [4.69, 9.17) is 4.74 Å². The lowest BCUT2D eigenvalue weighted by Gasteiger charge is -2.28. The van der Waals surface area contributed by atoms with Crippen LogP contribution in [-0.2, 0) is 25.4 Å². The van der Waals surface area contributed by atoms with E-state index in [1.54, 1.807) is 16.2 Å². The number of hydrogen-bond donors (Lipinski definition) is 1. The lowest BCUT2D eigenvalue weighted by Crippen LogP contribution is -2.36. The highest BCUT2D eigenvalue weighted by atomic mass is 16.5. The van der Waals surface area contributed by atoms with E-state index in [1.165, 1.54) is 5.69 Å². The molecule has 4 rings (SSSR count). The number of nitrogens with one attached hydrogen (secondary N) is 1. The maximum atomic E-state index is 12.0. The molecule has 2 heterocycles. The number of hydrogen-bond acceptors (Lipinski definition) is 4. The van der Waals surface area contributed by atoms with Gasteiger partial charge in [0.2, 0.25) is 0 Å². The Morgan fingerprint density at radius 2 is 1.65 bits per heavy atom. The van der Waals surface area contributed by atoms with E-state index in [1.807, 2.05) is 13.1 Å². The molecule has 136 valence electrons. The molecule has 1 aromatic heterocycles. The first-order valence-electron chi connectivity index (χ1n) is 8.94. The van der Waals surface area contributed by atoms with Crippen molar-refractivity contribution < 1.29 is 4.74 Å². The molecule has 0 bridgehead atoms. The van der Waals surface area contributed by atoms with Gasteiger partial charge in [-0.2, -0.15) is 0 Å². The van der Waals surface area contributed by atoms with Crippen molar-refractivity contribution >= 4 is 22.4 Å². The molecule has 6 heteroatoms. The summed E-state index contributed by atoms with van der Waals surface area (Å²) in [7, 11) is 3.62. The third-order valence-corrected chi connectivity index (χ3v) is 5.08. The number of imidazole rings is 1. The number of morpholine rings is 1. The van der Waals surface area contributed by atoms with Gasteiger partial charge in [-0.15, -0.1) is 0 Å². The molecule has 0 spiro atoms. The van der Waals surface area contributed by atoms with E-state index >= 15 is 0 Å². The highest BCUT2D eigenvalue weighted by Gasteiger charge is 2.11. The number of aromatic nitrogens is 2. The van der Waals surface area contributed by atoms with Crippen LogP contribution in [0.25, 0.3) is 11.0 Å². The molecule has 0 radical (unpaired) electrons. The fourth-order valence-electron chi connectivity index (χ4n) is 3.48. The quantitative estimate of drug-likeness (QED) is 0.783. The van der Waals surface area contributed by atoms with E-state index in [0.29, 0.717) is 0 Å². The number of aryl methyl sites for hydroxylation is 2. The monoisotopic (exact) mass is 352 g/mol. The largest absolute Gasteiger partial charge is 0.381 e. The molecule has 0 atom stereocenters. The number of anilines is 2. The van der Waals surface area contributed by atoms with Crippen LogP contribution in [0.2, 0.25) is 0 Å². The maximum Gasteiger partial charge on any atom is 0.328 e. The van der Waals surface area contributed by atoms with E-state index in [-0.39, 0.29) is 5.69 Å². The molecule has 1 saturated heterocycles. The van der Waals surface area contributed by atoms with E-state index in [2.05, 4.69) is 46.6 Å². The molecule has 1 fully saturated rings.